The number of hydrogen-bond donors (Lipinski definition) is 1. The number of aromatic nitrogens is 4. The molecule has 0 aliphatic carbocycles. The summed E-state index contributed by atoms with van der Waals surface area (Å²) in [5.74, 6) is 0.604. The SMILES string of the molecule is CN(C)S(=O)(=O)c1ccc2c(c1)nc(CCC(=O)Nc1ccc(Cn3cccn3)cc1)n2C. The summed E-state index contributed by atoms with van der Waals surface area (Å²) in [6.45, 7) is 0.672. The highest BCUT2D eigenvalue weighted by atomic mass is 32.2. The minimum Gasteiger partial charge on any atom is -0.331 e. The summed E-state index contributed by atoms with van der Waals surface area (Å²) in [6.07, 6.45) is 4.34. The van der Waals surface area contributed by atoms with Gasteiger partial charge in [-0.2, -0.15) is 5.10 Å². The number of hydrogen-bond acceptors (Lipinski definition) is 5. The van der Waals surface area contributed by atoms with Gasteiger partial charge in [-0.05, 0) is 42.0 Å². The van der Waals surface area contributed by atoms with Gasteiger partial charge in [0.05, 0.1) is 22.5 Å². The van der Waals surface area contributed by atoms with E-state index in [4.69, 9.17) is 0 Å². The van der Waals surface area contributed by atoms with Crippen molar-refractivity contribution in [2.75, 3.05) is 19.4 Å². The molecule has 172 valence electrons. The van der Waals surface area contributed by atoms with Crippen LogP contribution in [-0.4, -0.2) is 52.1 Å². The molecule has 2 aromatic heterocycles. The van der Waals surface area contributed by atoms with E-state index in [0.29, 0.717) is 24.3 Å². The van der Waals surface area contributed by atoms with Crippen LogP contribution in [0.15, 0.2) is 65.8 Å². The maximum atomic E-state index is 12.5. The van der Waals surface area contributed by atoms with Gasteiger partial charge in [-0.3, -0.25) is 9.48 Å². The Hall–Kier alpha value is -3.50. The second-order valence-corrected chi connectivity index (χ2v) is 10.1. The van der Waals surface area contributed by atoms with Gasteiger partial charge in [-0.15, -0.1) is 0 Å². The molecule has 2 aromatic carbocycles. The van der Waals surface area contributed by atoms with Crippen molar-refractivity contribution in [1.29, 1.82) is 0 Å². The van der Waals surface area contributed by atoms with Gasteiger partial charge in [0.1, 0.15) is 5.82 Å². The number of anilines is 1. The predicted molar refractivity (Wildman–Crippen MR) is 126 cm³/mol. The number of carbonyl (C=O) groups is 1. The molecule has 0 radical (unpaired) electrons. The van der Waals surface area contributed by atoms with E-state index >= 15 is 0 Å². The second-order valence-electron chi connectivity index (χ2n) is 7.97. The zero-order chi connectivity index (χ0) is 23.6. The van der Waals surface area contributed by atoms with Crippen molar-refractivity contribution in [2.45, 2.75) is 24.3 Å². The molecule has 33 heavy (non-hydrogen) atoms. The van der Waals surface area contributed by atoms with Crippen LogP contribution in [0.3, 0.4) is 0 Å². The molecule has 0 unspecified atom stereocenters. The van der Waals surface area contributed by atoms with Crippen molar-refractivity contribution in [3.63, 3.8) is 0 Å². The summed E-state index contributed by atoms with van der Waals surface area (Å²) in [6, 6.07) is 14.4. The molecule has 10 heteroatoms. The van der Waals surface area contributed by atoms with Crippen molar-refractivity contribution >= 4 is 32.7 Å². The molecule has 0 atom stereocenters. The Kier molecular flexibility index (Phi) is 6.30. The topological polar surface area (TPSA) is 102 Å². The summed E-state index contributed by atoms with van der Waals surface area (Å²) in [5.41, 5.74) is 3.22. The summed E-state index contributed by atoms with van der Waals surface area (Å²) in [5, 5.41) is 7.10. The molecule has 0 saturated carbocycles. The highest BCUT2D eigenvalue weighted by Crippen LogP contribution is 2.22. The van der Waals surface area contributed by atoms with Gasteiger partial charge in [0.2, 0.25) is 15.9 Å². The molecule has 0 saturated heterocycles. The van der Waals surface area contributed by atoms with Crippen LogP contribution in [0.5, 0.6) is 0 Å². The van der Waals surface area contributed by atoms with Crippen molar-refractivity contribution in [3.8, 4) is 0 Å². The number of imidazole rings is 1. The minimum atomic E-state index is -3.54. The van der Waals surface area contributed by atoms with Crippen LogP contribution in [0.1, 0.15) is 17.8 Å². The molecule has 1 N–H and O–H groups in total. The molecule has 4 rings (SSSR count). The lowest BCUT2D eigenvalue weighted by Crippen LogP contribution is -2.22. The van der Waals surface area contributed by atoms with Gasteiger partial charge < -0.3 is 9.88 Å². The summed E-state index contributed by atoms with van der Waals surface area (Å²) < 4.78 is 29.7. The third-order valence-corrected chi connectivity index (χ3v) is 7.25. The first kappa shape index (κ1) is 22.7. The van der Waals surface area contributed by atoms with Gasteiger partial charge in [0.15, 0.2) is 0 Å². The van der Waals surface area contributed by atoms with Crippen molar-refractivity contribution in [3.05, 3.63) is 72.3 Å². The van der Waals surface area contributed by atoms with Gasteiger partial charge in [-0.25, -0.2) is 17.7 Å². The third-order valence-electron chi connectivity index (χ3n) is 5.44. The molecular formula is C23H26N6O3S. The fourth-order valence-corrected chi connectivity index (χ4v) is 4.47. The van der Waals surface area contributed by atoms with Crippen LogP contribution in [0, 0.1) is 0 Å². The van der Waals surface area contributed by atoms with Crippen LogP contribution >= 0.6 is 0 Å². The average molecular weight is 467 g/mol. The molecule has 0 fully saturated rings. The molecule has 9 nitrogen and oxygen atoms in total. The first-order chi connectivity index (χ1) is 15.7. The van der Waals surface area contributed by atoms with Crippen LogP contribution in [0.4, 0.5) is 5.69 Å². The molecular weight excluding hydrogens is 440 g/mol. The maximum absolute atomic E-state index is 12.5. The normalized spacial score (nSPS) is 11.9. The summed E-state index contributed by atoms with van der Waals surface area (Å²) in [4.78, 5) is 17.2. The van der Waals surface area contributed by atoms with Crippen LogP contribution in [0.25, 0.3) is 11.0 Å². The van der Waals surface area contributed by atoms with E-state index in [1.54, 1.807) is 24.4 Å². The van der Waals surface area contributed by atoms with E-state index in [1.807, 2.05) is 52.8 Å². The van der Waals surface area contributed by atoms with Crippen LogP contribution < -0.4 is 5.32 Å². The van der Waals surface area contributed by atoms with Crippen molar-refractivity contribution in [1.82, 2.24) is 23.6 Å². The molecule has 0 aliphatic rings. The fourth-order valence-electron chi connectivity index (χ4n) is 3.55. The zero-order valence-electron chi connectivity index (χ0n) is 18.8. The maximum Gasteiger partial charge on any atom is 0.242 e. The smallest absolute Gasteiger partial charge is 0.242 e. The molecule has 4 aromatic rings. The number of amides is 1. The van der Waals surface area contributed by atoms with E-state index in [9.17, 15) is 13.2 Å². The van der Waals surface area contributed by atoms with Gasteiger partial charge in [0.25, 0.3) is 0 Å². The van der Waals surface area contributed by atoms with Gasteiger partial charge >= 0.3 is 0 Å². The first-order valence-electron chi connectivity index (χ1n) is 10.5. The van der Waals surface area contributed by atoms with Gasteiger partial charge in [-0.1, -0.05) is 12.1 Å². The number of sulfonamides is 1. The quantitative estimate of drug-likeness (QED) is 0.430. The van der Waals surface area contributed by atoms with E-state index in [1.165, 1.54) is 18.4 Å². The largest absolute Gasteiger partial charge is 0.331 e. The average Bonchev–Trinajstić information content (AvgIpc) is 3.41. The minimum absolute atomic E-state index is 0.113. The van der Waals surface area contributed by atoms with E-state index in [-0.39, 0.29) is 17.2 Å². The van der Waals surface area contributed by atoms with E-state index in [2.05, 4.69) is 15.4 Å². The molecule has 0 aliphatic heterocycles. The lowest BCUT2D eigenvalue weighted by Gasteiger charge is -2.10. The molecule has 0 bridgehead atoms. The number of nitrogens with zero attached hydrogens (tertiary/aromatic N) is 5. The number of benzene rings is 2. The van der Waals surface area contributed by atoms with E-state index in [0.717, 1.165) is 16.8 Å². The number of rotatable bonds is 8. The van der Waals surface area contributed by atoms with Crippen LogP contribution in [0.2, 0.25) is 0 Å². The highest BCUT2D eigenvalue weighted by Gasteiger charge is 2.19. The Morgan fingerprint density at radius 3 is 2.55 bits per heavy atom. The van der Waals surface area contributed by atoms with E-state index < -0.39 is 10.0 Å². The Balaban J connectivity index is 1.39. The standard InChI is InChI=1S/C23H26N6O3S/c1-27(2)33(31,32)19-9-10-21-20(15-19)26-22(28(21)3)11-12-23(30)25-18-7-5-17(6-8-18)16-29-14-4-13-24-29/h4-10,13-15H,11-12,16H2,1-3H3,(H,25,30). The Labute approximate surface area is 192 Å². The lowest BCUT2D eigenvalue weighted by molar-refractivity contribution is -0.116. The van der Waals surface area contributed by atoms with Gasteiger partial charge in [0, 0.05) is 52.1 Å². The molecule has 0 spiro atoms. The summed E-state index contributed by atoms with van der Waals surface area (Å²) >= 11 is 0. The summed E-state index contributed by atoms with van der Waals surface area (Å²) in [7, 11) is 1.32. The predicted octanol–water partition coefficient (Wildman–Crippen LogP) is 2.64. The Morgan fingerprint density at radius 1 is 1.12 bits per heavy atom. The number of carbonyl (C=O) groups excluding carboxylic acids is 1. The molecule has 2 heterocycles. The number of fused-ring (bicyclic) bond motifs is 1. The zero-order valence-corrected chi connectivity index (χ0v) is 19.6. The van der Waals surface area contributed by atoms with Crippen molar-refractivity contribution < 1.29 is 13.2 Å². The highest BCUT2D eigenvalue weighted by molar-refractivity contribution is 7.89. The van der Waals surface area contributed by atoms with Crippen molar-refractivity contribution in [2.24, 2.45) is 7.05 Å². The monoisotopic (exact) mass is 466 g/mol. The number of aryl methyl sites for hydroxylation is 2. The third kappa shape index (κ3) is 4.96. The second kappa shape index (κ2) is 9.16. The first-order valence-corrected chi connectivity index (χ1v) is 11.9. The fraction of sp³-hybridized carbons (Fsp3) is 0.261. The van der Waals surface area contributed by atoms with Crippen LogP contribution in [-0.2, 0) is 34.8 Å². The number of nitrogens with one attached hydrogen (secondary N) is 1. The Morgan fingerprint density at radius 2 is 1.88 bits per heavy atom. The Bertz CT molecular complexity index is 1370. The molecule has 1 amide bonds. The lowest BCUT2D eigenvalue weighted by atomic mass is 10.2.